The molecule has 0 unspecified atom stereocenters. The van der Waals surface area contributed by atoms with E-state index in [9.17, 15) is 13.2 Å². The zero-order valence-corrected chi connectivity index (χ0v) is 18.9. The zero-order chi connectivity index (χ0) is 21.3. The number of hydrogen-bond donors (Lipinski definition) is 0. The van der Waals surface area contributed by atoms with Crippen LogP contribution in [0.25, 0.3) is 10.2 Å². The van der Waals surface area contributed by atoms with E-state index in [1.807, 2.05) is 32.8 Å². The standard InChI is InChI=1S/C21H25N3O3S2/c1-14-12-15(2)19-18(13-14)28-21(22-19)24(11-10-23(3)4)20(25)16-6-8-17(9-7-16)29(5,26)27/h6-9,12-13H,10-11H2,1-5H3. The first-order valence-electron chi connectivity index (χ1n) is 9.21. The minimum absolute atomic E-state index is 0.194. The summed E-state index contributed by atoms with van der Waals surface area (Å²) in [5.41, 5.74) is 3.58. The van der Waals surface area contributed by atoms with Crippen molar-refractivity contribution in [2.45, 2.75) is 18.7 Å². The van der Waals surface area contributed by atoms with E-state index >= 15 is 0 Å². The summed E-state index contributed by atoms with van der Waals surface area (Å²) < 4.78 is 24.4. The summed E-state index contributed by atoms with van der Waals surface area (Å²) in [6.07, 6.45) is 1.15. The van der Waals surface area contributed by atoms with Crippen LogP contribution >= 0.6 is 11.3 Å². The third-order valence-corrected chi connectivity index (χ3v) is 6.75. The minimum Gasteiger partial charge on any atom is -0.308 e. The summed E-state index contributed by atoms with van der Waals surface area (Å²) in [4.78, 5) is 21.9. The molecular weight excluding hydrogens is 406 g/mol. The molecule has 1 amide bonds. The maximum absolute atomic E-state index is 13.3. The van der Waals surface area contributed by atoms with E-state index in [2.05, 4.69) is 12.1 Å². The molecule has 154 valence electrons. The average Bonchev–Trinajstić information content (AvgIpc) is 3.05. The van der Waals surface area contributed by atoms with Gasteiger partial charge >= 0.3 is 0 Å². The molecule has 0 atom stereocenters. The molecule has 0 radical (unpaired) electrons. The van der Waals surface area contributed by atoms with Crippen LogP contribution in [0.15, 0.2) is 41.3 Å². The lowest BCUT2D eigenvalue weighted by molar-refractivity contribution is 0.0985. The fraction of sp³-hybridized carbons (Fsp3) is 0.333. The summed E-state index contributed by atoms with van der Waals surface area (Å²) in [6, 6.07) is 10.2. The number of aromatic nitrogens is 1. The van der Waals surface area contributed by atoms with Gasteiger partial charge in [-0.05, 0) is 69.4 Å². The number of rotatable bonds is 6. The topological polar surface area (TPSA) is 70.6 Å². The molecule has 0 aliphatic rings. The predicted octanol–water partition coefficient (Wildman–Crippen LogP) is 3.53. The Hall–Kier alpha value is -2.29. The molecule has 6 nitrogen and oxygen atoms in total. The molecule has 0 saturated carbocycles. The summed E-state index contributed by atoms with van der Waals surface area (Å²) >= 11 is 1.50. The molecular formula is C21H25N3O3S2. The molecule has 29 heavy (non-hydrogen) atoms. The fourth-order valence-corrected chi connectivity index (χ4v) is 4.86. The highest BCUT2D eigenvalue weighted by atomic mass is 32.2. The smallest absolute Gasteiger partial charge is 0.260 e. The number of nitrogens with zero attached hydrogens (tertiary/aromatic N) is 3. The van der Waals surface area contributed by atoms with Gasteiger partial charge in [0.2, 0.25) is 0 Å². The van der Waals surface area contributed by atoms with Gasteiger partial charge in [-0.2, -0.15) is 0 Å². The van der Waals surface area contributed by atoms with Crippen LogP contribution in [0, 0.1) is 13.8 Å². The van der Waals surface area contributed by atoms with E-state index in [1.165, 1.54) is 23.5 Å². The number of benzene rings is 2. The van der Waals surface area contributed by atoms with Crippen molar-refractivity contribution in [3.8, 4) is 0 Å². The Morgan fingerprint density at radius 2 is 1.72 bits per heavy atom. The van der Waals surface area contributed by atoms with Crippen molar-refractivity contribution in [1.29, 1.82) is 0 Å². The third kappa shape index (κ3) is 4.83. The number of fused-ring (bicyclic) bond motifs is 1. The molecule has 3 aromatic rings. The van der Waals surface area contributed by atoms with Gasteiger partial charge in [-0.15, -0.1) is 0 Å². The number of hydrogen-bond acceptors (Lipinski definition) is 6. The van der Waals surface area contributed by atoms with Crippen LogP contribution in [0.1, 0.15) is 21.5 Å². The van der Waals surface area contributed by atoms with Gasteiger partial charge in [-0.1, -0.05) is 17.4 Å². The maximum Gasteiger partial charge on any atom is 0.260 e. The van der Waals surface area contributed by atoms with Crippen LogP contribution in [0.5, 0.6) is 0 Å². The van der Waals surface area contributed by atoms with Crippen molar-refractivity contribution < 1.29 is 13.2 Å². The van der Waals surface area contributed by atoms with Gasteiger partial charge in [-0.25, -0.2) is 13.4 Å². The van der Waals surface area contributed by atoms with Crippen LogP contribution in [-0.2, 0) is 9.84 Å². The van der Waals surface area contributed by atoms with Crippen molar-refractivity contribution in [3.63, 3.8) is 0 Å². The van der Waals surface area contributed by atoms with E-state index in [0.29, 0.717) is 23.8 Å². The Balaban J connectivity index is 2.01. The second kappa shape index (κ2) is 8.22. The Kier molecular flexibility index (Phi) is 6.07. The lowest BCUT2D eigenvalue weighted by Gasteiger charge is -2.22. The number of carbonyl (C=O) groups excluding carboxylic acids is 1. The van der Waals surface area contributed by atoms with Gasteiger partial charge in [0.05, 0.1) is 15.1 Å². The van der Waals surface area contributed by atoms with Crippen LogP contribution in [0.4, 0.5) is 5.13 Å². The van der Waals surface area contributed by atoms with E-state index < -0.39 is 9.84 Å². The number of thiazole rings is 1. The predicted molar refractivity (Wildman–Crippen MR) is 119 cm³/mol. The van der Waals surface area contributed by atoms with E-state index in [1.54, 1.807) is 17.0 Å². The molecule has 0 saturated heterocycles. The van der Waals surface area contributed by atoms with E-state index in [-0.39, 0.29) is 10.8 Å². The van der Waals surface area contributed by atoms with Crippen molar-refractivity contribution in [2.24, 2.45) is 0 Å². The Bertz CT molecular complexity index is 1150. The van der Waals surface area contributed by atoms with Crippen molar-refractivity contribution in [1.82, 2.24) is 9.88 Å². The van der Waals surface area contributed by atoms with Gasteiger partial charge in [0, 0.05) is 24.9 Å². The molecule has 1 aromatic heterocycles. The van der Waals surface area contributed by atoms with Gasteiger partial charge in [0.1, 0.15) is 0 Å². The number of sulfone groups is 1. The minimum atomic E-state index is -3.31. The second-order valence-corrected chi connectivity index (χ2v) is 10.5. The van der Waals surface area contributed by atoms with Gasteiger partial charge < -0.3 is 4.90 Å². The van der Waals surface area contributed by atoms with Gasteiger partial charge in [-0.3, -0.25) is 9.69 Å². The van der Waals surface area contributed by atoms with Crippen LogP contribution in [-0.4, -0.2) is 57.6 Å². The molecule has 1 heterocycles. The van der Waals surface area contributed by atoms with E-state index in [4.69, 9.17) is 4.98 Å². The number of anilines is 1. The maximum atomic E-state index is 13.3. The quantitative estimate of drug-likeness (QED) is 0.597. The highest BCUT2D eigenvalue weighted by Crippen LogP contribution is 2.32. The number of aryl methyl sites for hydroxylation is 2. The number of carbonyl (C=O) groups is 1. The van der Waals surface area contributed by atoms with Crippen LogP contribution < -0.4 is 4.90 Å². The molecule has 0 aliphatic heterocycles. The van der Waals surface area contributed by atoms with E-state index in [0.717, 1.165) is 27.6 Å². The van der Waals surface area contributed by atoms with Crippen LogP contribution in [0.2, 0.25) is 0 Å². The average molecular weight is 432 g/mol. The molecule has 2 aromatic carbocycles. The number of likely N-dealkylation sites (N-methyl/N-ethyl adjacent to an activating group) is 1. The second-order valence-electron chi connectivity index (χ2n) is 7.48. The largest absolute Gasteiger partial charge is 0.308 e. The molecule has 0 N–H and O–H groups in total. The zero-order valence-electron chi connectivity index (χ0n) is 17.3. The summed E-state index contributed by atoms with van der Waals surface area (Å²) in [5, 5.41) is 0.646. The van der Waals surface area contributed by atoms with Crippen LogP contribution in [0.3, 0.4) is 0 Å². The fourth-order valence-electron chi connectivity index (χ4n) is 3.06. The number of amides is 1. The summed E-state index contributed by atoms with van der Waals surface area (Å²) in [7, 11) is 0.600. The Labute approximate surface area is 175 Å². The van der Waals surface area contributed by atoms with Crippen molar-refractivity contribution >= 4 is 42.4 Å². The monoisotopic (exact) mass is 431 g/mol. The first-order valence-corrected chi connectivity index (χ1v) is 11.9. The first-order chi connectivity index (χ1) is 13.6. The molecule has 0 bridgehead atoms. The third-order valence-electron chi connectivity index (χ3n) is 4.59. The lowest BCUT2D eigenvalue weighted by Crippen LogP contribution is -2.36. The first kappa shape index (κ1) is 21.4. The molecule has 8 heteroatoms. The highest BCUT2D eigenvalue weighted by molar-refractivity contribution is 7.90. The van der Waals surface area contributed by atoms with Crippen molar-refractivity contribution in [3.05, 3.63) is 53.1 Å². The van der Waals surface area contributed by atoms with Gasteiger partial charge in [0.15, 0.2) is 15.0 Å². The molecule has 0 spiro atoms. The lowest BCUT2D eigenvalue weighted by atomic mass is 10.1. The molecule has 3 rings (SSSR count). The Morgan fingerprint density at radius 3 is 2.31 bits per heavy atom. The van der Waals surface area contributed by atoms with Crippen molar-refractivity contribution in [2.75, 3.05) is 38.3 Å². The Morgan fingerprint density at radius 1 is 1.07 bits per heavy atom. The molecule has 0 fully saturated rings. The summed E-state index contributed by atoms with van der Waals surface area (Å²) in [6.45, 7) is 5.23. The highest BCUT2D eigenvalue weighted by Gasteiger charge is 2.22. The summed E-state index contributed by atoms with van der Waals surface area (Å²) in [5.74, 6) is -0.194. The van der Waals surface area contributed by atoms with Gasteiger partial charge in [0.25, 0.3) is 5.91 Å². The SMILES string of the molecule is Cc1cc(C)c2nc(N(CCN(C)C)C(=O)c3ccc(S(C)(=O)=O)cc3)sc2c1. The molecule has 0 aliphatic carbocycles. The normalized spacial score (nSPS) is 11.9.